The quantitative estimate of drug-likeness (QED) is 0.749. The van der Waals surface area contributed by atoms with Crippen LogP contribution in [0, 0.1) is 6.92 Å². The molecule has 21 heavy (non-hydrogen) atoms. The van der Waals surface area contributed by atoms with E-state index in [1.165, 1.54) is 4.88 Å². The third kappa shape index (κ3) is 4.08. The van der Waals surface area contributed by atoms with Crippen LogP contribution in [0.4, 0.5) is 11.4 Å². The van der Waals surface area contributed by atoms with Gasteiger partial charge in [0.1, 0.15) is 0 Å². The van der Waals surface area contributed by atoms with Gasteiger partial charge in [0.05, 0.1) is 6.04 Å². The lowest BCUT2D eigenvalue weighted by atomic mass is 10.1. The van der Waals surface area contributed by atoms with Crippen LogP contribution in [0.15, 0.2) is 34.1 Å². The Bertz CT molecular complexity index is 639. The fourth-order valence-electron chi connectivity index (χ4n) is 2.03. The summed E-state index contributed by atoms with van der Waals surface area (Å²) >= 11 is 5.20. The van der Waals surface area contributed by atoms with Gasteiger partial charge in [0.2, 0.25) is 5.91 Å². The van der Waals surface area contributed by atoms with E-state index >= 15 is 0 Å². The molecule has 0 saturated heterocycles. The molecular weight excluding hydrogens is 348 g/mol. The summed E-state index contributed by atoms with van der Waals surface area (Å²) < 4.78 is 1.11. The highest BCUT2D eigenvalue weighted by atomic mass is 79.9. The van der Waals surface area contributed by atoms with Gasteiger partial charge in [-0.05, 0) is 53.5 Å². The maximum absolute atomic E-state index is 11.6. The van der Waals surface area contributed by atoms with Crippen molar-refractivity contribution in [3.8, 4) is 0 Å². The minimum atomic E-state index is 0.0329. The molecule has 1 atom stereocenters. The Morgan fingerprint density at radius 2 is 2.10 bits per heavy atom. The Morgan fingerprint density at radius 3 is 2.71 bits per heavy atom. The number of hydrogen-bond acceptors (Lipinski definition) is 3. The van der Waals surface area contributed by atoms with Crippen LogP contribution in [0.2, 0.25) is 0 Å². The second-order valence-electron chi connectivity index (χ2n) is 4.91. The zero-order valence-corrected chi connectivity index (χ0v) is 14.8. The van der Waals surface area contributed by atoms with Gasteiger partial charge in [-0.3, -0.25) is 4.79 Å². The van der Waals surface area contributed by atoms with Crippen molar-refractivity contribution in [2.75, 3.05) is 10.6 Å². The molecule has 0 aliphatic carbocycles. The zero-order valence-electron chi connectivity index (χ0n) is 12.4. The maximum atomic E-state index is 11.6. The average molecular weight is 367 g/mol. The molecule has 1 amide bonds. The van der Waals surface area contributed by atoms with Crippen molar-refractivity contribution in [1.82, 2.24) is 0 Å². The average Bonchev–Trinajstić information content (AvgIpc) is 2.89. The summed E-state index contributed by atoms with van der Waals surface area (Å²) in [6, 6.07) is 8.27. The van der Waals surface area contributed by atoms with E-state index in [4.69, 9.17) is 0 Å². The van der Waals surface area contributed by atoms with E-state index in [-0.39, 0.29) is 11.9 Å². The largest absolute Gasteiger partial charge is 0.377 e. The third-order valence-corrected chi connectivity index (χ3v) is 5.19. The first kappa shape index (κ1) is 16.0. The first-order valence-electron chi connectivity index (χ1n) is 6.91. The molecular formula is C16H19BrN2OS. The van der Waals surface area contributed by atoms with Crippen molar-refractivity contribution in [3.63, 3.8) is 0 Å². The number of carbonyl (C=O) groups is 1. The number of benzene rings is 1. The highest BCUT2D eigenvalue weighted by molar-refractivity contribution is 9.10. The van der Waals surface area contributed by atoms with Crippen LogP contribution < -0.4 is 10.6 Å². The molecule has 112 valence electrons. The Morgan fingerprint density at radius 1 is 1.38 bits per heavy atom. The second kappa shape index (κ2) is 7.09. The van der Waals surface area contributed by atoms with E-state index in [1.807, 2.05) is 32.0 Å². The molecule has 0 aliphatic rings. The Hall–Kier alpha value is -1.33. The molecule has 1 aromatic carbocycles. The number of halogens is 1. The molecule has 2 rings (SSSR count). The molecule has 1 unspecified atom stereocenters. The predicted molar refractivity (Wildman–Crippen MR) is 94.2 cm³/mol. The summed E-state index contributed by atoms with van der Waals surface area (Å²) in [7, 11) is 0. The molecule has 0 spiro atoms. The topological polar surface area (TPSA) is 41.1 Å². The fourth-order valence-corrected chi connectivity index (χ4v) is 3.48. The van der Waals surface area contributed by atoms with Gasteiger partial charge in [0.25, 0.3) is 0 Å². The summed E-state index contributed by atoms with van der Waals surface area (Å²) in [6.45, 7) is 6.00. The third-order valence-electron chi connectivity index (χ3n) is 3.32. The van der Waals surface area contributed by atoms with Gasteiger partial charge >= 0.3 is 0 Å². The van der Waals surface area contributed by atoms with Gasteiger partial charge in [0.15, 0.2) is 0 Å². The summed E-state index contributed by atoms with van der Waals surface area (Å²) in [5.41, 5.74) is 2.97. The van der Waals surface area contributed by atoms with Gasteiger partial charge in [0, 0.05) is 32.5 Å². The molecule has 5 heteroatoms. The minimum Gasteiger partial charge on any atom is -0.377 e. The monoisotopic (exact) mass is 366 g/mol. The van der Waals surface area contributed by atoms with Crippen LogP contribution in [0.5, 0.6) is 0 Å². The van der Waals surface area contributed by atoms with E-state index < -0.39 is 0 Å². The van der Waals surface area contributed by atoms with Gasteiger partial charge in [-0.15, -0.1) is 11.3 Å². The summed E-state index contributed by atoms with van der Waals surface area (Å²) in [5.74, 6) is 0.0329. The van der Waals surface area contributed by atoms with Crippen molar-refractivity contribution in [1.29, 1.82) is 0 Å². The van der Waals surface area contributed by atoms with Crippen LogP contribution in [-0.2, 0) is 4.79 Å². The number of nitrogens with one attached hydrogen (secondary N) is 2. The van der Waals surface area contributed by atoms with Crippen molar-refractivity contribution in [2.45, 2.75) is 33.2 Å². The first-order chi connectivity index (χ1) is 10.0. The van der Waals surface area contributed by atoms with Crippen molar-refractivity contribution in [3.05, 3.63) is 44.6 Å². The number of rotatable bonds is 5. The van der Waals surface area contributed by atoms with Crippen LogP contribution in [0.3, 0.4) is 0 Å². The molecule has 3 nitrogen and oxygen atoms in total. The number of carbonyl (C=O) groups excluding carboxylic acids is 1. The molecule has 0 aliphatic heterocycles. The lowest BCUT2D eigenvalue weighted by Crippen LogP contribution is -2.12. The Labute approximate surface area is 137 Å². The summed E-state index contributed by atoms with van der Waals surface area (Å²) in [6.07, 6.45) is 0.483. The van der Waals surface area contributed by atoms with E-state index in [9.17, 15) is 4.79 Å². The number of amides is 1. The zero-order chi connectivity index (χ0) is 15.4. The molecule has 0 saturated carbocycles. The molecule has 1 aromatic heterocycles. The SMILES string of the molecule is CCC(=O)Nc1cccc(NC(C)c2cc(Br)cs2)c1C. The molecule has 0 fully saturated rings. The lowest BCUT2D eigenvalue weighted by Gasteiger charge is -2.18. The maximum Gasteiger partial charge on any atom is 0.224 e. The van der Waals surface area contributed by atoms with E-state index in [1.54, 1.807) is 11.3 Å². The van der Waals surface area contributed by atoms with E-state index in [0.29, 0.717) is 6.42 Å². The van der Waals surface area contributed by atoms with Gasteiger partial charge < -0.3 is 10.6 Å². The van der Waals surface area contributed by atoms with E-state index in [2.05, 4.69) is 44.9 Å². The van der Waals surface area contributed by atoms with Crippen molar-refractivity contribution >= 4 is 44.5 Å². The highest BCUT2D eigenvalue weighted by Gasteiger charge is 2.11. The summed E-state index contributed by atoms with van der Waals surface area (Å²) in [5, 5.41) is 8.52. The highest BCUT2D eigenvalue weighted by Crippen LogP contribution is 2.30. The van der Waals surface area contributed by atoms with Crippen LogP contribution in [0.25, 0.3) is 0 Å². The van der Waals surface area contributed by atoms with Crippen LogP contribution in [0.1, 0.15) is 36.8 Å². The molecule has 2 N–H and O–H groups in total. The minimum absolute atomic E-state index is 0.0329. The molecule has 1 heterocycles. The molecule has 0 bridgehead atoms. The van der Waals surface area contributed by atoms with Crippen molar-refractivity contribution in [2.24, 2.45) is 0 Å². The fraction of sp³-hybridized carbons (Fsp3) is 0.312. The smallest absolute Gasteiger partial charge is 0.224 e. The first-order valence-corrected chi connectivity index (χ1v) is 8.58. The molecule has 0 radical (unpaired) electrons. The Kier molecular flexibility index (Phi) is 5.42. The number of hydrogen-bond donors (Lipinski definition) is 2. The number of thiophene rings is 1. The van der Waals surface area contributed by atoms with E-state index in [0.717, 1.165) is 21.4 Å². The second-order valence-corrected chi connectivity index (χ2v) is 6.77. The van der Waals surface area contributed by atoms with Crippen LogP contribution in [-0.4, -0.2) is 5.91 Å². The van der Waals surface area contributed by atoms with Gasteiger partial charge in [-0.1, -0.05) is 13.0 Å². The standard InChI is InChI=1S/C16H19BrN2OS/c1-4-16(20)19-14-7-5-6-13(10(14)2)18-11(3)15-8-12(17)9-21-15/h5-9,11,18H,4H2,1-3H3,(H,19,20). The number of anilines is 2. The van der Waals surface area contributed by atoms with Crippen LogP contribution >= 0.6 is 27.3 Å². The van der Waals surface area contributed by atoms with Gasteiger partial charge in [-0.2, -0.15) is 0 Å². The van der Waals surface area contributed by atoms with Crippen molar-refractivity contribution < 1.29 is 4.79 Å². The summed E-state index contributed by atoms with van der Waals surface area (Å²) in [4.78, 5) is 12.8. The lowest BCUT2D eigenvalue weighted by molar-refractivity contribution is -0.115. The normalized spacial score (nSPS) is 12.0. The molecule has 2 aromatic rings. The van der Waals surface area contributed by atoms with Gasteiger partial charge in [-0.25, -0.2) is 0 Å². The Balaban J connectivity index is 2.16. The predicted octanol–water partition coefficient (Wildman–Crippen LogP) is 5.34.